The third kappa shape index (κ3) is 1.58. The van der Waals surface area contributed by atoms with Crippen molar-refractivity contribution in [3.05, 3.63) is 27.7 Å². The Balaban J connectivity index is 2.57. The van der Waals surface area contributed by atoms with Gasteiger partial charge in [-0.25, -0.2) is 0 Å². The van der Waals surface area contributed by atoms with E-state index in [4.69, 9.17) is 5.73 Å². The van der Waals surface area contributed by atoms with Gasteiger partial charge in [0, 0.05) is 17.0 Å². The van der Waals surface area contributed by atoms with Crippen molar-refractivity contribution in [2.45, 2.75) is 38.1 Å². The van der Waals surface area contributed by atoms with Gasteiger partial charge in [-0.2, -0.15) is 0 Å². The smallest absolute Gasteiger partial charge is 0.133 e. The molecule has 1 aromatic carbocycles. The molecular formula is C12H16BrNO. The van der Waals surface area contributed by atoms with Gasteiger partial charge in [0.25, 0.3) is 0 Å². The van der Waals surface area contributed by atoms with E-state index in [2.05, 4.69) is 15.9 Å². The molecule has 0 saturated heterocycles. The highest BCUT2D eigenvalue weighted by atomic mass is 79.9. The van der Waals surface area contributed by atoms with Crippen molar-refractivity contribution in [1.82, 2.24) is 0 Å². The van der Waals surface area contributed by atoms with Crippen molar-refractivity contribution in [1.29, 1.82) is 0 Å². The van der Waals surface area contributed by atoms with E-state index in [0.29, 0.717) is 5.75 Å². The molecule has 2 nitrogen and oxygen atoms in total. The molecule has 1 aliphatic rings. The number of rotatable bonds is 2. The van der Waals surface area contributed by atoms with Gasteiger partial charge in [-0.1, -0.05) is 6.07 Å². The number of aromatic hydroxyl groups is 1. The molecule has 15 heavy (non-hydrogen) atoms. The fraction of sp³-hybridized carbons (Fsp3) is 0.500. The molecule has 1 aromatic rings. The van der Waals surface area contributed by atoms with Crippen LogP contribution in [0.4, 0.5) is 0 Å². The van der Waals surface area contributed by atoms with Crippen LogP contribution in [0.15, 0.2) is 16.6 Å². The van der Waals surface area contributed by atoms with Crippen molar-refractivity contribution in [2.75, 3.05) is 0 Å². The van der Waals surface area contributed by atoms with Crippen LogP contribution in [0.2, 0.25) is 0 Å². The van der Waals surface area contributed by atoms with E-state index in [1.165, 1.54) is 0 Å². The Morgan fingerprint density at radius 3 is 2.53 bits per heavy atom. The molecule has 1 saturated carbocycles. The predicted octanol–water partition coefficient (Wildman–Crippen LogP) is 2.84. The summed E-state index contributed by atoms with van der Waals surface area (Å²) in [7, 11) is 0. The molecule has 0 bridgehead atoms. The molecule has 0 amide bonds. The van der Waals surface area contributed by atoms with Crippen molar-refractivity contribution in [3.8, 4) is 5.75 Å². The third-order valence-corrected chi connectivity index (χ3v) is 4.14. The summed E-state index contributed by atoms with van der Waals surface area (Å²) in [5, 5.41) is 10.1. The highest BCUT2D eigenvalue weighted by Crippen LogP contribution is 2.55. The number of halogens is 1. The van der Waals surface area contributed by atoms with E-state index >= 15 is 0 Å². The summed E-state index contributed by atoms with van der Waals surface area (Å²) in [6, 6.07) is 4.00. The van der Waals surface area contributed by atoms with Crippen LogP contribution in [0.25, 0.3) is 0 Å². The summed E-state index contributed by atoms with van der Waals surface area (Å²) < 4.78 is 0.759. The van der Waals surface area contributed by atoms with Crippen molar-refractivity contribution >= 4 is 15.9 Å². The number of phenols is 1. The molecule has 1 unspecified atom stereocenters. The van der Waals surface area contributed by atoms with Gasteiger partial charge >= 0.3 is 0 Å². The zero-order valence-corrected chi connectivity index (χ0v) is 10.6. The summed E-state index contributed by atoms with van der Waals surface area (Å²) in [6.45, 7) is 4.05. The zero-order chi connectivity index (χ0) is 11.2. The minimum Gasteiger partial charge on any atom is -0.506 e. The molecule has 1 atom stereocenters. The third-order valence-electron chi connectivity index (χ3n) is 3.50. The van der Waals surface area contributed by atoms with E-state index in [-0.39, 0.29) is 11.5 Å². The topological polar surface area (TPSA) is 46.2 Å². The molecule has 82 valence electrons. The quantitative estimate of drug-likeness (QED) is 0.868. The van der Waals surface area contributed by atoms with E-state index < -0.39 is 0 Å². The van der Waals surface area contributed by atoms with Crippen LogP contribution in [0.1, 0.15) is 30.9 Å². The first-order valence-corrected chi connectivity index (χ1v) is 6.02. The number of nitrogens with two attached hydrogens (primary N) is 1. The van der Waals surface area contributed by atoms with Crippen molar-refractivity contribution in [2.24, 2.45) is 5.73 Å². The Labute approximate surface area is 98.6 Å². The van der Waals surface area contributed by atoms with Crippen LogP contribution in [-0.4, -0.2) is 11.1 Å². The molecule has 0 heterocycles. The molecule has 2 rings (SSSR count). The fourth-order valence-corrected chi connectivity index (χ4v) is 2.69. The maximum Gasteiger partial charge on any atom is 0.133 e. The zero-order valence-electron chi connectivity index (χ0n) is 9.05. The summed E-state index contributed by atoms with van der Waals surface area (Å²) in [5.41, 5.74) is 8.20. The van der Waals surface area contributed by atoms with Crippen LogP contribution >= 0.6 is 15.9 Å². The normalized spacial score (nSPS) is 20.0. The Morgan fingerprint density at radius 2 is 2.07 bits per heavy atom. The lowest BCUT2D eigenvalue weighted by Crippen LogP contribution is -2.32. The molecule has 3 N–H and O–H groups in total. The molecule has 1 fully saturated rings. The summed E-state index contributed by atoms with van der Waals surface area (Å²) >= 11 is 3.36. The standard InChI is InChI=1S/C12H16BrNO/c1-7-3-4-9(13)11(15)10(7)12(5-6-12)8(2)14/h3-4,8,15H,5-6,14H2,1-2H3. The van der Waals surface area contributed by atoms with E-state index in [1.807, 2.05) is 26.0 Å². The average Bonchev–Trinajstić information content (AvgIpc) is 2.93. The molecule has 0 aliphatic heterocycles. The van der Waals surface area contributed by atoms with Crippen LogP contribution in [0.5, 0.6) is 5.75 Å². The van der Waals surface area contributed by atoms with Crippen LogP contribution in [0.3, 0.4) is 0 Å². The average molecular weight is 270 g/mol. The second-order valence-electron chi connectivity index (χ2n) is 4.53. The lowest BCUT2D eigenvalue weighted by molar-refractivity contribution is 0.442. The predicted molar refractivity (Wildman–Crippen MR) is 65.1 cm³/mol. The van der Waals surface area contributed by atoms with Crippen LogP contribution < -0.4 is 5.73 Å². The molecule has 1 aliphatic carbocycles. The van der Waals surface area contributed by atoms with Crippen LogP contribution in [0, 0.1) is 6.92 Å². The SMILES string of the molecule is Cc1ccc(Br)c(O)c1C1(C(C)N)CC1. The Bertz CT molecular complexity index is 397. The maximum absolute atomic E-state index is 10.1. The van der Waals surface area contributed by atoms with Gasteiger partial charge in [-0.3, -0.25) is 0 Å². The van der Waals surface area contributed by atoms with E-state index in [1.54, 1.807) is 0 Å². The Hall–Kier alpha value is -0.540. The van der Waals surface area contributed by atoms with Gasteiger partial charge < -0.3 is 10.8 Å². The first-order chi connectivity index (χ1) is 6.99. The Morgan fingerprint density at radius 1 is 1.47 bits per heavy atom. The minimum atomic E-state index is 0.0119. The molecule has 3 heteroatoms. The van der Waals surface area contributed by atoms with Gasteiger partial charge in [0.15, 0.2) is 0 Å². The molecule has 0 aromatic heterocycles. The van der Waals surface area contributed by atoms with Gasteiger partial charge in [0.2, 0.25) is 0 Å². The van der Waals surface area contributed by atoms with Crippen molar-refractivity contribution < 1.29 is 5.11 Å². The second-order valence-corrected chi connectivity index (χ2v) is 5.39. The van der Waals surface area contributed by atoms with Crippen LogP contribution in [-0.2, 0) is 5.41 Å². The maximum atomic E-state index is 10.1. The first kappa shape index (κ1) is 11.0. The number of hydrogen-bond donors (Lipinski definition) is 2. The summed E-state index contributed by atoms with van der Waals surface area (Å²) in [5.74, 6) is 0.366. The molecule has 0 spiro atoms. The van der Waals surface area contributed by atoms with Gasteiger partial charge in [-0.15, -0.1) is 0 Å². The summed E-state index contributed by atoms with van der Waals surface area (Å²) in [4.78, 5) is 0. The number of benzene rings is 1. The molecule has 0 radical (unpaired) electrons. The second kappa shape index (κ2) is 3.49. The van der Waals surface area contributed by atoms with Gasteiger partial charge in [0.05, 0.1) is 4.47 Å². The highest BCUT2D eigenvalue weighted by molar-refractivity contribution is 9.10. The number of aryl methyl sites for hydroxylation is 1. The van der Waals surface area contributed by atoms with Gasteiger partial charge in [0.1, 0.15) is 5.75 Å². The Kier molecular flexibility index (Phi) is 2.55. The first-order valence-electron chi connectivity index (χ1n) is 5.23. The molecular weight excluding hydrogens is 254 g/mol. The lowest BCUT2D eigenvalue weighted by Gasteiger charge is -2.23. The monoisotopic (exact) mass is 269 g/mol. The fourth-order valence-electron chi connectivity index (χ4n) is 2.36. The van der Waals surface area contributed by atoms with E-state index in [0.717, 1.165) is 28.4 Å². The van der Waals surface area contributed by atoms with E-state index in [9.17, 15) is 5.11 Å². The highest BCUT2D eigenvalue weighted by Gasteiger charge is 2.49. The summed E-state index contributed by atoms with van der Waals surface area (Å²) in [6.07, 6.45) is 2.16. The minimum absolute atomic E-state index is 0.0119. The number of phenolic OH excluding ortho intramolecular Hbond substituents is 1. The largest absolute Gasteiger partial charge is 0.506 e. The van der Waals surface area contributed by atoms with Gasteiger partial charge in [-0.05, 0) is 54.2 Å². The van der Waals surface area contributed by atoms with Crippen molar-refractivity contribution in [3.63, 3.8) is 0 Å². The lowest BCUT2D eigenvalue weighted by atomic mass is 9.86. The number of hydrogen-bond acceptors (Lipinski definition) is 2.